The van der Waals surface area contributed by atoms with Gasteiger partial charge in [0, 0.05) is 4.47 Å². The maximum Gasteiger partial charge on any atom is 0.136 e. The third-order valence-electron chi connectivity index (χ3n) is 2.63. The standard InChI is InChI=1S/C11H12BrF/c1-7-5-9(12)6-8(2)10(7)11(13)3-4-11/h5-6H,3-4H2,1-2H3. The van der Waals surface area contributed by atoms with Gasteiger partial charge in [0.25, 0.3) is 0 Å². The van der Waals surface area contributed by atoms with Gasteiger partial charge in [-0.15, -0.1) is 0 Å². The molecular weight excluding hydrogens is 231 g/mol. The van der Waals surface area contributed by atoms with Crippen LogP contribution in [0.5, 0.6) is 0 Å². The molecule has 13 heavy (non-hydrogen) atoms. The summed E-state index contributed by atoms with van der Waals surface area (Å²) in [6.45, 7) is 3.96. The molecule has 1 aromatic carbocycles. The van der Waals surface area contributed by atoms with E-state index in [-0.39, 0.29) is 0 Å². The van der Waals surface area contributed by atoms with Crippen molar-refractivity contribution in [2.45, 2.75) is 32.4 Å². The molecule has 0 radical (unpaired) electrons. The molecule has 0 spiro atoms. The van der Waals surface area contributed by atoms with Crippen LogP contribution in [0, 0.1) is 13.8 Å². The van der Waals surface area contributed by atoms with E-state index < -0.39 is 5.67 Å². The van der Waals surface area contributed by atoms with Gasteiger partial charge in [0.2, 0.25) is 0 Å². The molecule has 0 amide bonds. The van der Waals surface area contributed by atoms with Crippen molar-refractivity contribution >= 4 is 15.9 Å². The number of hydrogen-bond donors (Lipinski definition) is 0. The van der Waals surface area contributed by atoms with Crippen molar-refractivity contribution in [2.75, 3.05) is 0 Å². The monoisotopic (exact) mass is 242 g/mol. The molecular formula is C11H12BrF. The number of hydrogen-bond acceptors (Lipinski definition) is 0. The molecule has 0 atom stereocenters. The van der Waals surface area contributed by atoms with Gasteiger partial charge in [-0.3, -0.25) is 0 Å². The first kappa shape index (κ1) is 9.20. The normalized spacial score (nSPS) is 18.8. The number of halogens is 2. The van der Waals surface area contributed by atoms with Crippen LogP contribution < -0.4 is 0 Å². The summed E-state index contributed by atoms with van der Waals surface area (Å²) >= 11 is 3.41. The molecule has 0 heterocycles. The zero-order valence-corrected chi connectivity index (χ0v) is 9.41. The highest BCUT2D eigenvalue weighted by molar-refractivity contribution is 9.10. The first-order valence-electron chi connectivity index (χ1n) is 4.49. The van der Waals surface area contributed by atoms with Crippen LogP contribution in [0.25, 0.3) is 0 Å². The number of aryl methyl sites for hydroxylation is 2. The van der Waals surface area contributed by atoms with Gasteiger partial charge in [-0.05, 0) is 55.5 Å². The lowest BCUT2D eigenvalue weighted by atomic mass is 9.97. The van der Waals surface area contributed by atoms with Gasteiger partial charge >= 0.3 is 0 Å². The SMILES string of the molecule is Cc1cc(Br)cc(C)c1C1(F)CC1. The lowest BCUT2D eigenvalue weighted by Crippen LogP contribution is -2.03. The van der Waals surface area contributed by atoms with Gasteiger partial charge in [-0.2, -0.15) is 0 Å². The average Bonchev–Trinajstić information content (AvgIpc) is 2.65. The molecule has 0 aromatic heterocycles. The first-order chi connectivity index (χ1) is 6.03. The molecule has 1 aromatic rings. The van der Waals surface area contributed by atoms with Crippen LogP contribution in [0.15, 0.2) is 16.6 Å². The lowest BCUT2D eigenvalue weighted by Gasteiger charge is -2.13. The second-order valence-electron chi connectivity index (χ2n) is 3.88. The van der Waals surface area contributed by atoms with Crippen LogP contribution in [0.2, 0.25) is 0 Å². The second-order valence-corrected chi connectivity index (χ2v) is 4.80. The van der Waals surface area contributed by atoms with Crippen molar-refractivity contribution < 1.29 is 4.39 Å². The molecule has 1 aliphatic carbocycles. The minimum atomic E-state index is -1.01. The molecule has 1 saturated carbocycles. The zero-order chi connectivity index (χ0) is 9.64. The van der Waals surface area contributed by atoms with Crippen LogP contribution >= 0.6 is 15.9 Å². The largest absolute Gasteiger partial charge is 0.239 e. The van der Waals surface area contributed by atoms with Crippen molar-refractivity contribution in [3.63, 3.8) is 0 Å². The van der Waals surface area contributed by atoms with E-state index >= 15 is 0 Å². The van der Waals surface area contributed by atoms with Gasteiger partial charge in [0.1, 0.15) is 5.67 Å². The summed E-state index contributed by atoms with van der Waals surface area (Å²) in [5.74, 6) is 0. The quantitative estimate of drug-likeness (QED) is 0.698. The van der Waals surface area contributed by atoms with E-state index in [0.717, 1.165) is 21.2 Å². The Morgan fingerprint density at radius 2 is 1.69 bits per heavy atom. The van der Waals surface area contributed by atoms with Gasteiger partial charge in [0.15, 0.2) is 0 Å². The molecule has 0 bridgehead atoms. The molecule has 1 fully saturated rings. The van der Waals surface area contributed by atoms with Crippen LogP contribution in [0.3, 0.4) is 0 Å². The summed E-state index contributed by atoms with van der Waals surface area (Å²) in [4.78, 5) is 0. The van der Waals surface area contributed by atoms with Crippen molar-refractivity contribution in [3.8, 4) is 0 Å². The Hall–Kier alpha value is -0.370. The molecule has 2 rings (SSSR count). The van der Waals surface area contributed by atoms with Crippen molar-refractivity contribution in [3.05, 3.63) is 33.3 Å². The van der Waals surface area contributed by atoms with Crippen LogP contribution in [0.1, 0.15) is 29.5 Å². The Balaban J connectivity index is 2.57. The molecule has 2 heteroatoms. The maximum absolute atomic E-state index is 13.9. The summed E-state index contributed by atoms with van der Waals surface area (Å²) in [7, 11) is 0. The number of rotatable bonds is 1. The van der Waals surface area contributed by atoms with E-state index in [2.05, 4.69) is 15.9 Å². The fraction of sp³-hybridized carbons (Fsp3) is 0.455. The van der Waals surface area contributed by atoms with Crippen LogP contribution in [-0.2, 0) is 5.67 Å². The van der Waals surface area contributed by atoms with Gasteiger partial charge in [-0.1, -0.05) is 15.9 Å². The van der Waals surface area contributed by atoms with E-state index in [1.807, 2.05) is 26.0 Å². The van der Waals surface area contributed by atoms with Gasteiger partial charge < -0.3 is 0 Å². The Morgan fingerprint density at radius 1 is 1.23 bits per heavy atom. The molecule has 0 unspecified atom stereocenters. The van der Waals surface area contributed by atoms with Crippen molar-refractivity contribution in [2.24, 2.45) is 0 Å². The summed E-state index contributed by atoms with van der Waals surface area (Å²) < 4.78 is 14.9. The van der Waals surface area contributed by atoms with E-state index in [4.69, 9.17) is 0 Å². The number of benzene rings is 1. The molecule has 70 valence electrons. The molecule has 0 N–H and O–H groups in total. The number of alkyl halides is 1. The van der Waals surface area contributed by atoms with Gasteiger partial charge in [0.05, 0.1) is 0 Å². The third-order valence-corrected chi connectivity index (χ3v) is 3.09. The lowest BCUT2D eigenvalue weighted by molar-refractivity contribution is 0.315. The maximum atomic E-state index is 13.9. The highest BCUT2D eigenvalue weighted by Gasteiger charge is 2.46. The topological polar surface area (TPSA) is 0 Å². The summed E-state index contributed by atoms with van der Waals surface area (Å²) in [5, 5.41) is 0. The van der Waals surface area contributed by atoms with E-state index in [1.54, 1.807) is 0 Å². The minimum Gasteiger partial charge on any atom is -0.239 e. The predicted octanol–water partition coefficient (Wildman–Crippen LogP) is 4.02. The molecule has 0 saturated heterocycles. The predicted molar refractivity (Wildman–Crippen MR) is 55.6 cm³/mol. The van der Waals surface area contributed by atoms with Crippen molar-refractivity contribution in [1.29, 1.82) is 0 Å². The van der Waals surface area contributed by atoms with Gasteiger partial charge in [-0.25, -0.2) is 4.39 Å². The average molecular weight is 243 g/mol. The fourth-order valence-corrected chi connectivity index (χ4v) is 2.66. The third kappa shape index (κ3) is 1.52. The van der Waals surface area contributed by atoms with E-state index in [0.29, 0.717) is 12.8 Å². The summed E-state index contributed by atoms with van der Waals surface area (Å²) in [5.41, 5.74) is 2.03. The van der Waals surface area contributed by atoms with Crippen LogP contribution in [0.4, 0.5) is 4.39 Å². The van der Waals surface area contributed by atoms with Crippen LogP contribution in [-0.4, -0.2) is 0 Å². The minimum absolute atomic E-state index is 0.691. The molecule has 0 aliphatic heterocycles. The Bertz CT molecular complexity index is 330. The van der Waals surface area contributed by atoms with Crippen molar-refractivity contribution in [1.82, 2.24) is 0 Å². The highest BCUT2D eigenvalue weighted by Crippen LogP contribution is 2.52. The first-order valence-corrected chi connectivity index (χ1v) is 5.28. The molecule has 0 nitrogen and oxygen atoms in total. The Labute approximate surface area is 86.3 Å². The smallest absolute Gasteiger partial charge is 0.136 e. The Morgan fingerprint density at radius 3 is 2.08 bits per heavy atom. The fourth-order valence-electron chi connectivity index (χ4n) is 1.98. The van der Waals surface area contributed by atoms with E-state index in [1.165, 1.54) is 0 Å². The van der Waals surface area contributed by atoms with E-state index in [9.17, 15) is 4.39 Å². The summed E-state index contributed by atoms with van der Waals surface area (Å²) in [6.07, 6.45) is 1.38. The Kier molecular flexibility index (Phi) is 1.99. The highest BCUT2D eigenvalue weighted by atomic mass is 79.9. The zero-order valence-electron chi connectivity index (χ0n) is 7.82. The summed E-state index contributed by atoms with van der Waals surface area (Å²) in [6, 6.07) is 3.98. The molecule has 1 aliphatic rings. The second kappa shape index (κ2) is 2.81.